The van der Waals surface area contributed by atoms with E-state index < -0.39 is 8.37 Å². The summed E-state index contributed by atoms with van der Waals surface area (Å²) in [5, 5.41) is 0. The summed E-state index contributed by atoms with van der Waals surface area (Å²) in [5.74, 6) is 0. The van der Waals surface area contributed by atoms with Crippen molar-refractivity contribution in [2.24, 2.45) is 5.73 Å². The van der Waals surface area contributed by atoms with Gasteiger partial charge in [0.15, 0.2) is 0 Å². The molecule has 0 aromatic carbocycles. The van der Waals surface area contributed by atoms with Crippen LogP contribution in [0.25, 0.3) is 0 Å². The Hall–Kier alpha value is 0.270. The molecule has 0 atom stereocenters. The number of nitrogens with zero attached hydrogens (tertiary/aromatic N) is 3. The molecule has 4 nitrogen and oxygen atoms in total. The molecule has 1 saturated heterocycles. The second kappa shape index (κ2) is 9.42. The number of hydrogen-bond donors (Lipinski definition) is 1. The largest absolute Gasteiger partial charge is 0.329 e. The van der Waals surface area contributed by atoms with Crippen molar-refractivity contribution in [1.29, 1.82) is 0 Å². The average Bonchev–Trinajstić information content (AvgIpc) is 2.35. The quantitative estimate of drug-likeness (QED) is 0.761. The molecular formula is C16H37N4P. The van der Waals surface area contributed by atoms with Crippen molar-refractivity contribution < 1.29 is 0 Å². The van der Waals surface area contributed by atoms with Gasteiger partial charge in [0, 0.05) is 44.3 Å². The van der Waals surface area contributed by atoms with Crippen molar-refractivity contribution in [2.45, 2.75) is 78.9 Å². The van der Waals surface area contributed by atoms with Crippen LogP contribution in [-0.2, 0) is 0 Å². The minimum absolute atomic E-state index is 0.410. The predicted molar refractivity (Wildman–Crippen MR) is 95.4 cm³/mol. The monoisotopic (exact) mass is 316 g/mol. The summed E-state index contributed by atoms with van der Waals surface area (Å²) < 4.78 is 8.13. The molecule has 5 heteroatoms. The average molecular weight is 316 g/mol. The molecule has 1 rings (SSSR count). The van der Waals surface area contributed by atoms with Crippen LogP contribution in [0.4, 0.5) is 0 Å². The summed E-state index contributed by atoms with van der Waals surface area (Å²) in [6, 6.07) is 1.73. The molecule has 2 N–H and O–H groups in total. The van der Waals surface area contributed by atoms with E-state index in [1.54, 1.807) is 0 Å². The van der Waals surface area contributed by atoms with Crippen LogP contribution in [0.3, 0.4) is 0 Å². The van der Waals surface area contributed by atoms with Gasteiger partial charge in [-0.3, -0.25) is 14.0 Å². The second-order valence-electron chi connectivity index (χ2n) is 6.89. The molecule has 1 aliphatic heterocycles. The molecule has 1 fully saturated rings. The first kappa shape index (κ1) is 19.3. The molecule has 126 valence electrons. The van der Waals surface area contributed by atoms with E-state index >= 15 is 0 Å². The normalized spacial score (nSPS) is 20.7. The molecule has 0 aromatic rings. The lowest BCUT2D eigenvalue weighted by Crippen LogP contribution is -2.47. The molecule has 0 spiro atoms. The summed E-state index contributed by atoms with van der Waals surface area (Å²) in [6.45, 7) is 18.2. The number of nitrogens with two attached hydrogens (primary N) is 1. The lowest BCUT2D eigenvalue weighted by atomic mass is 10.2. The van der Waals surface area contributed by atoms with Crippen LogP contribution in [0.5, 0.6) is 0 Å². The first-order chi connectivity index (χ1) is 9.90. The highest BCUT2D eigenvalue weighted by molar-refractivity contribution is 7.50. The standard InChI is InChI=1S/C16H37N4P/c1-14(2)18-11-8-7-9-12-19(15(3)4)21(18)20(13-10-17)16(5)6/h14-16H,7-13,17H2,1-6H3. The van der Waals surface area contributed by atoms with Gasteiger partial charge in [0.1, 0.15) is 8.37 Å². The molecular weight excluding hydrogens is 279 g/mol. The van der Waals surface area contributed by atoms with Gasteiger partial charge in [-0.1, -0.05) is 6.42 Å². The van der Waals surface area contributed by atoms with Crippen molar-refractivity contribution in [3.63, 3.8) is 0 Å². The van der Waals surface area contributed by atoms with E-state index in [4.69, 9.17) is 5.73 Å². The third-order valence-electron chi connectivity index (χ3n) is 4.11. The van der Waals surface area contributed by atoms with Gasteiger partial charge in [-0.2, -0.15) is 0 Å². The minimum atomic E-state index is -0.410. The van der Waals surface area contributed by atoms with Crippen molar-refractivity contribution in [2.75, 3.05) is 26.2 Å². The summed E-state index contributed by atoms with van der Waals surface area (Å²) in [5.41, 5.74) is 5.92. The molecule has 1 aliphatic rings. The Morgan fingerprint density at radius 2 is 1.38 bits per heavy atom. The topological polar surface area (TPSA) is 35.7 Å². The van der Waals surface area contributed by atoms with Gasteiger partial charge in [-0.15, -0.1) is 0 Å². The Bertz CT molecular complexity index is 252. The molecule has 21 heavy (non-hydrogen) atoms. The lowest BCUT2D eigenvalue weighted by Gasteiger charge is -2.50. The van der Waals surface area contributed by atoms with Gasteiger partial charge in [0.25, 0.3) is 0 Å². The van der Waals surface area contributed by atoms with E-state index in [2.05, 4.69) is 55.6 Å². The van der Waals surface area contributed by atoms with Gasteiger partial charge < -0.3 is 5.73 Å². The lowest BCUT2D eigenvalue weighted by molar-refractivity contribution is 0.236. The molecule has 0 aliphatic carbocycles. The fraction of sp³-hybridized carbons (Fsp3) is 1.00. The van der Waals surface area contributed by atoms with E-state index in [0.717, 1.165) is 13.1 Å². The van der Waals surface area contributed by atoms with Gasteiger partial charge in [-0.25, -0.2) is 0 Å². The fourth-order valence-electron chi connectivity index (χ4n) is 2.96. The van der Waals surface area contributed by atoms with Gasteiger partial charge in [-0.05, 0) is 54.4 Å². The Morgan fingerprint density at radius 3 is 1.71 bits per heavy atom. The first-order valence-corrected chi connectivity index (χ1v) is 9.90. The Labute approximate surface area is 133 Å². The van der Waals surface area contributed by atoms with Crippen molar-refractivity contribution in [3.05, 3.63) is 0 Å². The van der Waals surface area contributed by atoms with E-state index in [9.17, 15) is 0 Å². The van der Waals surface area contributed by atoms with Gasteiger partial charge in [0.2, 0.25) is 0 Å². The van der Waals surface area contributed by atoms with E-state index in [1.165, 1.54) is 32.4 Å². The van der Waals surface area contributed by atoms with Crippen LogP contribution < -0.4 is 5.73 Å². The van der Waals surface area contributed by atoms with Gasteiger partial charge >= 0.3 is 0 Å². The Balaban J connectivity index is 3.11. The Morgan fingerprint density at radius 1 is 0.905 bits per heavy atom. The van der Waals surface area contributed by atoms with Crippen molar-refractivity contribution in [3.8, 4) is 0 Å². The first-order valence-electron chi connectivity index (χ1n) is 8.70. The summed E-state index contributed by atoms with van der Waals surface area (Å²) in [4.78, 5) is 0. The van der Waals surface area contributed by atoms with Crippen molar-refractivity contribution >= 4 is 8.37 Å². The third kappa shape index (κ3) is 5.44. The summed E-state index contributed by atoms with van der Waals surface area (Å²) in [6.07, 6.45) is 4.02. The maximum atomic E-state index is 5.92. The molecule has 0 radical (unpaired) electrons. The second-order valence-corrected chi connectivity index (χ2v) is 8.97. The highest BCUT2D eigenvalue weighted by Crippen LogP contribution is 2.52. The number of rotatable bonds is 6. The van der Waals surface area contributed by atoms with Crippen LogP contribution in [0.15, 0.2) is 0 Å². The zero-order chi connectivity index (χ0) is 16.0. The van der Waals surface area contributed by atoms with Crippen LogP contribution in [-0.4, -0.2) is 58.3 Å². The zero-order valence-electron chi connectivity index (χ0n) is 15.0. The highest BCUT2D eigenvalue weighted by Gasteiger charge is 2.35. The van der Waals surface area contributed by atoms with Crippen LogP contribution >= 0.6 is 8.37 Å². The SMILES string of the molecule is CC(C)N(CCN)P1N(C(C)C)CCCCCN1C(C)C. The van der Waals surface area contributed by atoms with E-state index in [-0.39, 0.29) is 0 Å². The summed E-state index contributed by atoms with van der Waals surface area (Å²) in [7, 11) is -0.410. The molecule has 0 amide bonds. The third-order valence-corrected chi connectivity index (χ3v) is 7.47. The van der Waals surface area contributed by atoms with E-state index in [0.29, 0.717) is 18.1 Å². The maximum absolute atomic E-state index is 5.92. The molecule has 0 unspecified atom stereocenters. The molecule has 0 saturated carbocycles. The van der Waals surface area contributed by atoms with Crippen molar-refractivity contribution in [1.82, 2.24) is 14.0 Å². The minimum Gasteiger partial charge on any atom is -0.329 e. The number of hydrogen-bond acceptors (Lipinski definition) is 4. The molecule has 0 bridgehead atoms. The molecule has 0 aromatic heterocycles. The summed E-state index contributed by atoms with van der Waals surface area (Å²) >= 11 is 0. The maximum Gasteiger partial charge on any atom is 0.121 e. The van der Waals surface area contributed by atoms with Crippen LogP contribution in [0.2, 0.25) is 0 Å². The predicted octanol–water partition coefficient (Wildman–Crippen LogP) is 3.49. The van der Waals surface area contributed by atoms with Crippen LogP contribution in [0, 0.1) is 0 Å². The smallest absolute Gasteiger partial charge is 0.121 e. The van der Waals surface area contributed by atoms with Crippen LogP contribution in [0.1, 0.15) is 60.8 Å². The van der Waals surface area contributed by atoms with E-state index in [1.807, 2.05) is 0 Å². The van der Waals surface area contributed by atoms with Gasteiger partial charge in [0.05, 0.1) is 0 Å². The highest BCUT2D eigenvalue weighted by atomic mass is 31.2. The fourth-order valence-corrected chi connectivity index (χ4v) is 6.02. The Kier molecular flexibility index (Phi) is 8.66. The molecule has 1 heterocycles. The zero-order valence-corrected chi connectivity index (χ0v) is 15.9.